The van der Waals surface area contributed by atoms with Crippen LogP contribution in [0.15, 0.2) is 23.3 Å². The van der Waals surface area contributed by atoms with Gasteiger partial charge in [0.1, 0.15) is 11.3 Å². The molecule has 0 heterocycles. The minimum Gasteiger partial charge on any atom is -0.352 e. The lowest BCUT2D eigenvalue weighted by atomic mass is 10.1. The lowest BCUT2D eigenvalue weighted by Gasteiger charge is -2.04. The number of hydrogen-bond acceptors (Lipinski definition) is 4. The minimum atomic E-state index is -0.741. The van der Waals surface area contributed by atoms with Crippen molar-refractivity contribution in [2.45, 2.75) is 6.92 Å². The van der Waals surface area contributed by atoms with E-state index in [1.165, 1.54) is 18.2 Å². The Hall–Kier alpha value is -2.60. The third-order valence-corrected chi connectivity index (χ3v) is 1.93. The lowest BCUT2D eigenvalue weighted by Crippen LogP contribution is -2.23. The molecule has 0 radical (unpaired) electrons. The summed E-state index contributed by atoms with van der Waals surface area (Å²) >= 11 is 0. The van der Waals surface area contributed by atoms with E-state index in [2.05, 4.69) is 15.3 Å². The highest BCUT2D eigenvalue weighted by Gasteiger charge is 2.23. The molecule has 0 saturated carbocycles. The van der Waals surface area contributed by atoms with Gasteiger partial charge in [0.15, 0.2) is 0 Å². The molecule has 8 nitrogen and oxygen atoms in total. The smallest absolute Gasteiger partial charge is 0.291 e. The quantitative estimate of drug-likeness (QED) is 0.283. The van der Waals surface area contributed by atoms with E-state index in [1.807, 2.05) is 0 Å². The highest BCUT2D eigenvalue weighted by atomic mass is 16.6. The minimum absolute atomic E-state index is 0.123. The van der Waals surface area contributed by atoms with Crippen molar-refractivity contribution >= 4 is 17.3 Å². The summed E-state index contributed by atoms with van der Waals surface area (Å²) in [6.07, 6.45) is 0. The Balaban J connectivity index is 3.39. The number of amides is 1. The first-order chi connectivity index (χ1) is 8.11. The second-order valence-corrected chi connectivity index (χ2v) is 2.98. The number of para-hydroxylation sites is 1. The average molecular weight is 235 g/mol. The maximum atomic E-state index is 11.6. The van der Waals surface area contributed by atoms with Crippen molar-refractivity contribution in [3.8, 4) is 0 Å². The number of rotatable bonds is 4. The molecule has 1 aromatic rings. The van der Waals surface area contributed by atoms with Crippen molar-refractivity contribution in [3.63, 3.8) is 0 Å². The highest BCUT2D eigenvalue weighted by molar-refractivity contribution is 6.00. The lowest BCUT2D eigenvalue weighted by molar-refractivity contribution is -0.384. The summed E-state index contributed by atoms with van der Waals surface area (Å²) in [5.41, 5.74) is 7.50. The van der Waals surface area contributed by atoms with Crippen molar-refractivity contribution in [2.75, 3.05) is 6.54 Å². The molecule has 1 N–H and O–H groups in total. The van der Waals surface area contributed by atoms with Gasteiger partial charge in [0.2, 0.25) is 0 Å². The van der Waals surface area contributed by atoms with Crippen molar-refractivity contribution in [1.29, 1.82) is 0 Å². The van der Waals surface area contributed by atoms with Crippen molar-refractivity contribution in [1.82, 2.24) is 5.32 Å². The zero-order chi connectivity index (χ0) is 12.8. The van der Waals surface area contributed by atoms with Crippen molar-refractivity contribution in [3.05, 3.63) is 44.3 Å². The fraction of sp³-hybridized carbons (Fsp3) is 0.222. The number of carbonyl (C=O) groups excluding carboxylic acids is 1. The molecule has 0 fully saturated rings. The molecule has 0 unspecified atom stereocenters. The molecular weight excluding hydrogens is 226 g/mol. The molecule has 8 heteroatoms. The van der Waals surface area contributed by atoms with Crippen LogP contribution in [0.2, 0.25) is 0 Å². The van der Waals surface area contributed by atoms with Crippen molar-refractivity contribution < 1.29 is 9.72 Å². The number of hydrogen-bond donors (Lipinski definition) is 1. The van der Waals surface area contributed by atoms with Gasteiger partial charge in [-0.15, -0.1) is 0 Å². The van der Waals surface area contributed by atoms with E-state index in [0.717, 1.165) is 0 Å². The van der Waals surface area contributed by atoms with Gasteiger partial charge in [0.25, 0.3) is 11.6 Å². The largest absolute Gasteiger partial charge is 0.352 e. The fourth-order valence-electron chi connectivity index (χ4n) is 1.29. The van der Waals surface area contributed by atoms with Crippen LogP contribution in [0.3, 0.4) is 0 Å². The van der Waals surface area contributed by atoms with Crippen LogP contribution in [0.25, 0.3) is 10.4 Å². The molecule has 88 valence electrons. The molecule has 17 heavy (non-hydrogen) atoms. The maximum absolute atomic E-state index is 11.6. The van der Waals surface area contributed by atoms with Gasteiger partial charge >= 0.3 is 0 Å². The summed E-state index contributed by atoms with van der Waals surface area (Å²) < 4.78 is 0. The summed E-state index contributed by atoms with van der Waals surface area (Å²) in [6.45, 7) is 2.04. The van der Waals surface area contributed by atoms with E-state index in [1.54, 1.807) is 6.92 Å². The van der Waals surface area contributed by atoms with E-state index < -0.39 is 16.5 Å². The molecule has 1 rings (SSSR count). The molecule has 0 aromatic heterocycles. The number of nitro benzene ring substituents is 1. The van der Waals surface area contributed by atoms with E-state index in [-0.39, 0.29) is 11.3 Å². The zero-order valence-corrected chi connectivity index (χ0v) is 8.95. The molecule has 0 saturated heterocycles. The van der Waals surface area contributed by atoms with Crippen molar-refractivity contribution in [2.24, 2.45) is 5.11 Å². The summed E-state index contributed by atoms with van der Waals surface area (Å²) in [7, 11) is 0. The van der Waals surface area contributed by atoms with E-state index in [4.69, 9.17) is 5.53 Å². The number of azide groups is 1. The van der Waals surface area contributed by atoms with E-state index in [9.17, 15) is 14.9 Å². The molecular formula is C9H9N5O3. The van der Waals surface area contributed by atoms with Gasteiger partial charge in [-0.25, -0.2) is 0 Å². The first-order valence-electron chi connectivity index (χ1n) is 4.72. The van der Waals surface area contributed by atoms with Gasteiger partial charge in [0, 0.05) is 11.5 Å². The van der Waals surface area contributed by atoms with Gasteiger partial charge in [-0.1, -0.05) is 11.2 Å². The van der Waals surface area contributed by atoms with Crippen LogP contribution < -0.4 is 5.32 Å². The van der Waals surface area contributed by atoms with Crippen LogP contribution in [-0.4, -0.2) is 17.4 Å². The molecule has 0 bridgehead atoms. The van der Waals surface area contributed by atoms with Gasteiger partial charge in [-0.2, -0.15) is 0 Å². The Kier molecular flexibility index (Phi) is 4.02. The summed E-state index contributed by atoms with van der Waals surface area (Å²) in [6, 6.07) is 4.00. The van der Waals surface area contributed by atoms with Gasteiger partial charge < -0.3 is 5.32 Å². The molecule has 0 aliphatic rings. The fourth-order valence-corrected chi connectivity index (χ4v) is 1.29. The topological polar surface area (TPSA) is 121 Å². The third kappa shape index (κ3) is 2.70. The molecule has 0 aliphatic heterocycles. The van der Waals surface area contributed by atoms with Crippen LogP contribution in [0.1, 0.15) is 17.3 Å². The first kappa shape index (κ1) is 12.5. The predicted molar refractivity (Wildman–Crippen MR) is 59.9 cm³/mol. The SMILES string of the molecule is CCNC(=O)c1cccc(N=[N+]=[N-])c1[N+](=O)[O-]. The van der Waals surface area contributed by atoms with Gasteiger partial charge in [-0.3, -0.25) is 14.9 Å². The van der Waals surface area contributed by atoms with Gasteiger partial charge in [-0.05, 0) is 24.6 Å². The number of carbonyl (C=O) groups is 1. The summed E-state index contributed by atoms with van der Waals surface area (Å²) in [5, 5.41) is 16.5. The van der Waals surface area contributed by atoms with E-state index in [0.29, 0.717) is 6.54 Å². The Morgan fingerprint density at radius 1 is 1.65 bits per heavy atom. The molecule has 1 aromatic carbocycles. The number of nitrogens with zero attached hydrogens (tertiary/aromatic N) is 4. The second-order valence-electron chi connectivity index (χ2n) is 2.98. The Morgan fingerprint density at radius 2 is 2.35 bits per heavy atom. The molecule has 0 aliphatic carbocycles. The second kappa shape index (κ2) is 5.47. The Bertz CT molecular complexity index is 507. The van der Waals surface area contributed by atoms with Crippen LogP contribution in [0.4, 0.5) is 11.4 Å². The zero-order valence-electron chi connectivity index (χ0n) is 8.95. The van der Waals surface area contributed by atoms with Crippen LogP contribution in [0, 0.1) is 10.1 Å². The molecule has 0 atom stereocenters. The normalized spacial score (nSPS) is 9.24. The summed E-state index contributed by atoms with van der Waals surface area (Å²) in [4.78, 5) is 24.2. The summed E-state index contributed by atoms with van der Waals surface area (Å²) in [5.74, 6) is -0.575. The van der Waals surface area contributed by atoms with Crippen LogP contribution in [0.5, 0.6) is 0 Å². The van der Waals surface area contributed by atoms with Crippen LogP contribution in [-0.2, 0) is 0 Å². The first-order valence-corrected chi connectivity index (χ1v) is 4.72. The number of benzene rings is 1. The standard InChI is InChI=1S/C9H9N5O3/c1-2-11-9(15)6-4-3-5-7(12-13-10)8(6)14(16)17/h3-5H,2H2,1H3,(H,11,15). The molecule has 1 amide bonds. The van der Waals surface area contributed by atoms with Crippen LogP contribution >= 0.6 is 0 Å². The third-order valence-electron chi connectivity index (χ3n) is 1.93. The number of nitro groups is 1. The Morgan fingerprint density at radius 3 is 2.88 bits per heavy atom. The number of nitrogens with one attached hydrogen (secondary N) is 1. The monoisotopic (exact) mass is 235 g/mol. The average Bonchev–Trinajstić information content (AvgIpc) is 2.29. The highest BCUT2D eigenvalue weighted by Crippen LogP contribution is 2.31. The predicted octanol–water partition coefficient (Wildman–Crippen LogP) is 2.29. The Labute approximate surface area is 96.0 Å². The van der Waals surface area contributed by atoms with E-state index >= 15 is 0 Å². The molecule has 0 spiro atoms. The van der Waals surface area contributed by atoms with Gasteiger partial charge in [0.05, 0.1) is 4.92 Å². The maximum Gasteiger partial charge on any atom is 0.291 e.